The van der Waals surface area contributed by atoms with Gasteiger partial charge in [-0.2, -0.15) is 0 Å². The number of carboxylic acids is 1. The number of aliphatic carboxylic acids is 1. The van der Waals surface area contributed by atoms with E-state index >= 15 is 0 Å². The van der Waals surface area contributed by atoms with E-state index in [1.165, 1.54) is 18.9 Å². The van der Waals surface area contributed by atoms with Crippen molar-refractivity contribution in [3.8, 4) is 0 Å². The summed E-state index contributed by atoms with van der Waals surface area (Å²) in [7, 11) is 0. The maximum absolute atomic E-state index is 10.3. The Labute approximate surface area is 79.0 Å². The number of carbonyl (C=O) groups is 1. The van der Waals surface area contributed by atoms with Crippen LogP contribution < -0.4 is 0 Å². The van der Waals surface area contributed by atoms with Crippen LogP contribution in [0, 0.1) is 11.8 Å². The zero-order chi connectivity index (χ0) is 9.68. The van der Waals surface area contributed by atoms with Crippen molar-refractivity contribution in [2.45, 2.75) is 25.7 Å². The second-order valence-electron chi connectivity index (χ2n) is 3.62. The van der Waals surface area contributed by atoms with E-state index in [-0.39, 0.29) is 0 Å². The highest BCUT2D eigenvalue weighted by Gasteiger charge is 2.17. The molecule has 13 heavy (non-hydrogen) atoms. The molecule has 0 heterocycles. The molecule has 0 spiro atoms. The number of allylic oxidation sites excluding steroid dienone is 2. The van der Waals surface area contributed by atoms with Crippen molar-refractivity contribution < 1.29 is 9.90 Å². The predicted molar refractivity (Wildman–Crippen MR) is 52.4 cm³/mol. The third kappa shape index (κ3) is 3.45. The number of rotatable bonds is 3. The average molecular weight is 180 g/mol. The molecule has 2 nitrogen and oxygen atoms in total. The Morgan fingerprint density at radius 3 is 2.69 bits per heavy atom. The topological polar surface area (TPSA) is 37.3 Å². The summed E-state index contributed by atoms with van der Waals surface area (Å²) in [5.41, 5.74) is 0. The van der Waals surface area contributed by atoms with Crippen molar-refractivity contribution in [2.75, 3.05) is 0 Å². The van der Waals surface area contributed by atoms with Gasteiger partial charge >= 0.3 is 5.97 Å². The first-order valence-electron chi connectivity index (χ1n) is 4.76. The van der Waals surface area contributed by atoms with Crippen LogP contribution in [0.2, 0.25) is 0 Å². The van der Waals surface area contributed by atoms with Crippen molar-refractivity contribution in [3.63, 3.8) is 0 Å². The first-order valence-corrected chi connectivity index (χ1v) is 4.76. The average Bonchev–Trinajstić information content (AvgIpc) is 2.15. The first kappa shape index (κ1) is 10.0. The van der Waals surface area contributed by atoms with Gasteiger partial charge in [0.25, 0.3) is 0 Å². The summed E-state index contributed by atoms with van der Waals surface area (Å²) < 4.78 is 0. The van der Waals surface area contributed by atoms with Crippen LogP contribution >= 0.6 is 0 Å². The lowest BCUT2D eigenvalue weighted by molar-refractivity contribution is -0.131. The second-order valence-corrected chi connectivity index (χ2v) is 3.62. The van der Waals surface area contributed by atoms with Crippen molar-refractivity contribution in [3.05, 3.63) is 24.8 Å². The molecule has 0 aromatic rings. The highest BCUT2D eigenvalue weighted by Crippen LogP contribution is 2.30. The fourth-order valence-electron chi connectivity index (χ4n) is 1.87. The molecular formula is C11H16O2. The second kappa shape index (κ2) is 4.85. The van der Waals surface area contributed by atoms with Crippen molar-refractivity contribution in [2.24, 2.45) is 11.8 Å². The van der Waals surface area contributed by atoms with Gasteiger partial charge < -0.3 is 5.11 Å². The Morgan fingerprint density at radius 2 is 2.08 bits per heavy atom. The van der Waals surface area contributed by atoms with Crippen LogP contribution in [-0.2, 0) is 4.79 Å². The van der Waals surface area contributed by atoms with Gasteiger partial charge in [-0.05, 0) is 31.1 Å². The number of hydrogen-bond acceptors (Lipinski definition) is 1. The molecular weight excluding hydrogens is 164 g/mol. The number of hydrogen-bond donors (Lipinski definition) is 1. The molecule has 0 bridgehead atoms. The molecule has 2 atom stereocenters. The zero-order valence-electron chi connectivity index (χ0n) is 7.78. The predicted octanol–water partition coefficient (Wildman–Crippen LogP) is 2.62. The third-order valence-corrected chi connectivity index (χ3v) is 2.60. The standard InChI is InChI=1S/C11H16O2/c1-2-9-4-3-5-10(8-9)6-7-11(12)13/h2,6-7,9-10H,1,3-5,8H2,(H,12,13). The van der Waals surface area contributed by atoms with Crippen LogP contribution in [0.4, 0.5) is 0 Å². The molecule has 0 aromatic carbocycles. The van der Waals surface area contributed by atoms with E-state index in [1.807, 2.05) is 12.2 Å². The van der Waals surface area contributed by atoms with Gasteiger partial charge in [0.1, 0.15) is 0 Å². The molecule has 0 radical (unpaired) electrons. The first-order chi connectivity index (χ1) is 6.22. The maximum atomic E-state index is 10.3. The molecule has 0 amide bonds. The van der Waals surface area contributed by atoms with Crippen LogP contribution in [0.25, 0.3) is 0 Å². The Bertz CT molecular complexity index is 218. The molecule has 1 aliphatic rings. The van der Waals surface area contributed by atoms with E-state index in [1.54, 1.807) is 0 Å². The Hall–Kier alpha value is -1.05. The van der Waals surface area contributed by atoms with Gasteiger partial charge in [0.15, 0.2) is 0 Å². The van der Waals surface area contributed by atoms with E-state index < -0.39 is 5.97 Å². The van der Waals surface area contributed by atoms with Crippen molar-refractivity contribution >= 4 is 5.97 Å². The summed E-state index contributed by atoms with van der Waals surface area (Å²) in [6.07, 6.45) is 9.64. The fraction of sp³-hybridized carbons (Fsp3) is 0.545. The Balaban J connectivity index is 2.42. The number of carboxylic acid groups (broad SMARTS) is 1. The molecule has 1 rings (SSSR count). The van der Waals surface area contributed by atoms with Gasteiger partial charge in [-0.3, -0.25) is 0 Å². The maximum Gasteiger partial charge on any atom is 0.327 e. The summed E-state index contributed by atoms with van der Waals surface area (Å²) in [5, 5.41) is 8.46. The lowest BCUT2D eigenvalue weighted by Gasteiger charge is -2.24. The summed E-state index contributed by atoms with van der Waals surface area (Å²) in [6, 6.07) is 0. The minimum atomic E-state index is -0.847. The lowest BCUT2D eigenvalue weighted by Crippen LogP contribution is -2.12. The molecule has 0 aromatic heterocycles. The molecule has 0 saturated heterocycles. The van der Waals surface area contributed by atoms with Gasteiger partial charge in [-0.25, -0.2) is 4.79 Å². The van der Waals surface area contributed by atoms with Gasteiger partial charge in [0.2, 0.25) is 0 Å². The third-order valence-electron chi connectivity index (χ3n) is 2.60. The monoisotopic (exact) mass is 180 g/mol. The van der Waals surface area contributed by atoms with E-state index in [2.05, 4.69) is 6.58 Å². The molecule has 1 saturated carbocycles. The molecule has 1 fully saturated rings. The van der Waals surface area contributed by atoms with Crippen LogP contribution in [0.15, 0.2) is 24.8 Å². The summed E-state index contributed by atoms with van der Waals surface area (Å²) in [6.45, 7) is 3.77. The van der Waals surface area contributed by atoms with Gasteiger partial charge in [-0.1, -0.05) is 18.6 Å². The van der Waals surface area contributed by atoms with Crippen molar-refractivity contribution in [1.29, 1.82) is 0 Å². The molecule has 2 unspecified atom stereocenters. The van der Waals surface area contributed by atoms with Gasteiger partial charge in [-0.15, -0.1) is 6.58 Å². The van der Waals surface area contributed by atoms with E-state index in [0.717, 1.165) is 12.8 Å². The molecule has 1 aliphatic carbocycles. The summed E-state index contributed by atoms with van der Waals surface area (Å²) in [5.74, 6) is 0.172. The van der Waals surface area contributed by atoms with Gasteiger partial charge in [0.05, 0.1) is 0 Å². The van der Waals surface area contributed by atoms with Crippen LogP contribution in [-0.4, -0.2) is 11.1 Å². The van der Waals surface area contributed by atoms with Crippen LogP contribution in [0.3, 0.4) is 0 Å². The SMILES string of the molecule is C=CC1CCCC(C=CC(=O)O)C1. The Kier molecular flexibility index (Phi) is 3.74. The quantitative estimate of drug-likeness (QED) is 0.535. The lowest BCUT2D eigenvalue weighted by atomic mass is 9.81. The van der Waals surface area contributed by atoms with Gasteiger partial charge in [0, 0.05) is 6.08 Å². The smallest absolute Gasteiger partial charge is 0.327 e. The fourth-order valence-corrected chi connectivity index (χ4v) is 1.87. The molecule has 72 valence electrons. The van der Waals surface area contributed by atoms with Crippen molar-refractivity contribution in [1.82, 2.24) is 0 Å². The minimum Gasteiger partial charge on any atom is -0.478 e. The summed E-state index contributed by atoms with van der Waals surface area (Å²) in [4.78, 5) is 10.3. The summed E-state index contributed by atoms with van der Waals surface area (Å²) >= 11 is 0. The molecule has 0 aliphatic heterocycles. The van der Waals surface area contributed by atoms with E-state index in [4.69, 9.17) is 5.11 Å². The minimum absolute atomic E-state index is 0.438. The zero-order valence-corrected chi connectivity index (χ0v) is 7.78. The molecule has 2 heteroatoms. The van der Waals surface area contributed by atoms with E-state index in [0.29, 0.717) is 11.8 Å². The highest BCUT2D eigenvalue weighted by atomic mass is 16.4. The highest BCUT2D eigenvalue weighted by molar-refractivity contribution is 5.79. The van der Waals surface area contributed by atoms with Crippen LogP contribution in [0.1, 0.15) is 25.7 Å². The van der Waals surface area contributed by atoms with Crippen LogP contribution in [0.5, 0.6) is 0 Å². The normalized spacial score (nSPS) is 28.9. The molecule has 1 N–H and O–H groups in total. The Morgan fingerprint density at radius 1 is 1.38 bits per heavy atom. The van der Waals surface area contributed by atoms with E-state index in [9.17, 15) is 4.79 Å². The largest absolute Gasteiger partial charge is 0.478 e.